The average Bonchev–Trinajstić information content (AvgIpc) is 3.34. The van der Waals surface area contributed by atoms with Crippen molar-refractivity contribution >= 4 is 16.9 Å². The largest absolute Gasteiger partial charge is 0.335 e. The lowest BCUT2D eigenvalue weighted by molar-refractivity contribution is -0.136. The summed E-state index contributed by atoms with van der Waals surface area (Å²) in [7, 11) is 0. The monoisotopic (exact) mass is 335 g/mol. The summed E-state index contributed by atoms with van der Waals surface area (Å²) in [6, 6.07) is 11.1. The normalized spacial score (nSPS) is 25.6. The quantitative estimate of drug-likeness (QED) is 0.739. The maximum atomic E-state index is 13.0. The summed E-state index contributed by atoms with van der Waals surface area (Å²) in [6.45, 7) is 0.375. The summed E-state index contributed by atoms with van der Waals surface area (Å²) in [5, 5.41) is 4.40. The highest BCUT2D eigenvalue weighted by molar-refractivity contribution is 5.81. The van der Waals surface area contributed by atoms with E-state index in [2.05, 4.69) is 19.7 Å². The number of amides is 1. The van der Waals surface area contributed by atoms with Crippen LogP contribution in [0.15, 0.2) is 49.1 Å². The molecule has 1 amide bonds. The van der Waals surface area contributed by atoms with Crippen molar-refractivity contribution in [3.63, 3.8) is 0 Å². The Bertz CT molecular complexity index is 886. The Balaban J connectivity index is 1.35. The molecule has 0 radical (unpaired) electrons. The van der Waals surface area contributed by atoms with Gasteiger partial charge in [-0.2, -0.15) is 5.10 Å². The fourth-order valence-electron chi connectivity index (χ4n) is 4.63. The number of hydrogen-bond donors (Lipinski definition) is 0. The lowest BCUT2D eigenvalue weighted by Crippen LogP contribution is -2.48. The van der Waals surface area contributed by atoms with Crippen LogP contribution in [0.2, 0.25) is 0 Å². The molecule has 2 saturated heterocycles. The van der Waals surface area contributed by atoms with Crippen molar-refractivity contribution < 1.29 is 4.79 Å². The molecule has 6 heteroatoms. The maximum Gasteiger partial charge on any atom is 0.243 e. The maximum absolute atomic E-state index is 13.0. The summed E-state index contributed by atoms with van der Waals surface area (Å²) >= 11 is 0. The van der Waals surface area contributed by atoms with Crippen LogP contribution in [0, 0.1) is 0 Å². The predicted molar refractivity (Wildman–Crippen MR) is 93.9 cm³/mol. The van der Waals surface area contributed by atoms with Gasteiger partial charge in [-0.15, -0.1) is 0 Å². The van der Waals surface area contributed by atoms with Crippen molar-refractivity contribution in [1.82, 2.24) is 24.2 Å². The minimum absolute atomic E-state index is 0.217. The zero-order chi connectivity index (χ0) is 16.8. The van der Waals surface area contributed by atoms with Gasteiger partial charge in [-0.25, -0.2) is 4.98 Å². The third-order valence-corrected chi connectivity index (χ3v) is 5.73. The molecule has 0 saturated carbocycles. The molecule has 25 heavy (non-hydrogen) atoms. The minimum atomic E-state index is 0.217. The summed E-state index contributed by atoms with van der Waals surface area (Å²) in [5.74, 6) is 0.217. The molecule has 0 spiro atoms. The summed E-state index contributed by atoms with van der Waals surface area (Å²) in [5.41, 5.74) is 1.96. The van der Waals surface area contributed by atoms with Crippen LogP contribution in [0.3, 0.4) is 0 Å². The topological polar surface area (TPSA) is 56.0 Å². The second-order valence-electron chi connectivity index (χ2n) is 7.16. The Morgan fingerprint density at radius 2 is 1.88 bits per heavy atom. The van der Waals surface area contributed by atoms with Crippen molar-refractivity contribution in [2.45, 2.75) is 50.4 Å². The lowest BCUT2D eigenvalue weighted by Gasteiger charge is -2.39. The number of nitrogens with zero attached hydrogens (tertiary/aromatic N) is 5. The van der Waals surface area contributed by atoms with Gasteiger partial charge in [0, 0.05) is 24.5 Å². The van der Waals surface area contributed by atoms with Gasteiger partial charge in [-0.3, -0.25) is 9.48 Å². The Morgan fingerprint density at radius 1 is 1.08 bits per heavy atom. The number of piperidine rings is 1. The molecule has 3 aromatic rings. The molecular formula is C19H21N5O. The first kappa shape index (κ1) is 14.7. The van der Waals surface area contributed by atoms with Crippen molar-refractivity contribution in [3.8, 4) is 0 Å². The van der Waals surface area contributed by atoms with Crippen molar-refractivity contribution in [1.29, 1.82) is 0 Å². The second-order valence-corrected chi connectivity index (χ2v) is 7.16. The predicted octanol–water partition coefficient (Wildman–Crippen LogP) is 2.63. The van der Waals surface area contributed by atoms with Crippen LogP contribution >= 0.6 is 0 Å². The van der Waals surface area contributed by atoms with Gasteiger partial charge < -0.3 is 9.47 Å². The third kappa shape index (κ3) is 2.44. The first-order valence-corrected chi connectivity index (χ1v) is 9.00. The number of imidazole rings is 1. The van der Waals surface area contributed by atoms with Crippen LogP contribution in [0.1, 0.15) is 31.7 Å². The standard InChI is InChI=1S/C19H21N5O/c25-19(12-22-13-20-17-4-1-2-5-18(17)22)24-14-6-7-15(24)11-16(10-14)23-9-3-8-21-23/h1-5,8-9,13-16H,6-7,10-12H2. The van der Waals surface area contributed by atoms with Crippen LogP contribution in [0.25, 0.3) is 11.0 Å². The van der Waals surface area contributed by atoms with Gasteiger partial charge in [0.1, 0.15) is 6.54 Å². The number of carbonyl (C=O) groups excluding carboxylic acids is 1. The highest BCUT2D eigenvalue weighted by Gasteiger charge is 2.43. The molecule has 2 aromatic heterocycles. The molecule has 2 unspecified atom stereocenters. The van der Waals surface area contributed by atoms with Gasteiger partial charge in [-0.05, 0) is 43.9 Å². The van der Waals surface area contributed by atoms with E-state index in [0.717, 1.165) is 36.7 Å². The molecule has 0 aliphatic carbocycles. The van der Waals surface area contributed by atoms with E-state index in [1.807, 2.05) is 47.3 Å². The molecule has 128 valence electrons. The van der Waals surface area contributed by atoms with Crippen molar-refractivity contribution in [2.75, 3.05) is 0 Å². The molecule has 2 bridgehead atoms. The Morgan fingerprint density at radius 3 is 2.64 bits per heavy atom. The third-order valence-electron chi connectivity index (χ3n) is 5.73. The van der Waals surface area contributed by atoms with Gasteiger partial charge >= 0.3 is 0 Å². The molecule has 2 fully saturated rings. The molecule has 1 aromatic carbocycles. The molecule has 0 N–H and O–H groups in total. The van der Waals surface area contributed by atoms with E-state index in [-0.39, 0.29) is 5.91 Å². The zero-order valence-electron chi connectivity index (χ0n) is 14.0. The van der Waals surface area contributed by atoms with Crippen LogP contribution in [-0.4, -0.2) is 42.2 Å². The van der Waals surface area contributed by atoms with E-state index in [9.17, 15) is 4.79 Å². The van der Waals surface area contributed by atoms with Crippen LogP contribution < -0.4 is 0 Å². The van der Waals surface area contributed by atoms with Gasteiger partial charge in [0.15, 0.2) is 0 Å². The molecule has 5 rings (SSSR count). The van der Waals surface area contributed by atoms with Crippen molar-refractivity contribution in [2.24, 2.45) is 0 Å². The van der Waals surface area contributed by atoms with E-state index < -0.39 is 0 Å². The SMILES string of the molecule is O=C(Cn1cnc2ccccc21)N1C2CCC1CC(n1cccn1)C2. The van der Waals surface area contributed by atoms with Crippen molar-refractivity contribution in [3.05, 3.63) is 49.1 Å². The average molecular weight is 335 g/mol. The van der Waals surface area contributed by atoms with E-state index in [4.69, 9.17) is 0 Å². The zero-order valence-corrected chi connectivity index (χ0v) is 14.0. The molecule has 4 heterocycles. The highest BCUT2D eigenvalue weighted by atomic mass is 16.2. The Kier molecular flexibility index (Phi) is 3.36. The van der Waals surface area contributed by atoms with E-state index in [1.54, 1.807) is 6.33 Å². The first-order chi connectivity index (χ1) is 12.3. The summed E-state index contributed by atoms with van der Waals surface area (Å²) in [4.78, 5) is 19.6. The van der Waals surface area contributed by atoms with E-state index in [0.29, 0.717) is 24.7 Å². The minimum Gasteiger partial charge on any atom is -0.335 e. The Hall–Kier alpha value is -2.63. The molecule has 2 aliphatic rings. The molecule has 2 aliphatic heterocycles. The number of fused-ring (bicyclic) bond motifs is 3. The lowest BCUT2D eigenvalue weighted by atomic mass is 9.97. The second kappa shape index (κ2) is 5.72. The van der Waals surface area contributed by atoms with Gasteiger partial charge in [0.05, 0.1) is 23.4 Å². The number of rotatable bonds is 3. The first-order valence-electron chi connectivity index (χ1n) is 9.00. The van der Waals surface area contributed by atoms with Gasteiger partial charge in [-0.1, -0.05) is 12.1 Å². The Labute approximate surface area is 146 Å². The van der Waals surface area contributed by atoms with E-state index >= 15 is 0 Å². The van der Waals surface area contributed by atoms with Crippen LogP contribution in [0.5, 0.6) is 0 Å². The number of hydrogen-bond acceptors (Lipinski definition) is 3. The van der Waals surface area contributed by atoms with E-state index in [1.165, 1.54) is 0 Å². The number of aromatic nitrogens is 4. The number of carbonyl (C=O) groups is 1. The fourth-order valence-corrected chi connectivity index (χ4v) is 4.63. The number of para-hydroxylation sites is 2. The summed E-state index contributed by atoms with van der Waals surface area (Å²) < 4.78 is 4.03. The smallest absolute Gasteiger partial charge is 0.243 e. The fraction of sp³-hybridized carbons (Fsp3) is 0.421. The molecule has 6 nitrogen and oxygen atoms in total. The molecule has 2 atom stereocenters. The summed E-state index contributed by atoms with van der Waals surface area (Å²) in [6.07, 6.45) is 9.89. The van der Waals surface area contributed by atoms with Gasteiger partial charge in [0.2, 0.25) is 5.91 Å². The highest BCUT2D eigenvalue weighted by Crippen LogP contribution is 2.40. The molecular weight excluding hydrogens is 314 g/mol. The van der Waals surface area contributed by atoms with Crippen LogP contribution in [0.4, 0.5) is 0 Å². The van der Waals surface area contributed by atoms with Crippen LogP contribution in [-0.2, 0) is 11.3 Å². The number of benzene rings is 1. The van der Waals surface area contributed by atoms with Gasteiger partial charge in [0.25, 0.3) is 0 Å².